The fraction of sp³-hybridized carbons (Fsp3) is 0.500. The molecule has 0 aliphatic carbocycles. The van der Waals surface area contributed by atoms with Crippen LogP contribution in [-0.4, -0.2) is 14.7 Å². The van der Waals surface area contributed by atoms with E-state index in [2.05, 4.69) is 4.98 Å². The molecule has 0 saturated heterocycles. The first-order chi connectivity index (χ1) is 5.46. The van der Waals surface area contributed by atoms with Crippen LogP contribution in [0.4, 0.5) is 13.2 Å². The van der Waals surface area contributed by atoms with E-state index in [1.165, 1.54) is 7.05 Å². The summed E-state index contributed by atoms with van der Waals surface area (Å²) in [6, 6.07) is 0. The second kappa shape index (κ2) is 2.78. The zero-order valence-corrected chi connectivity index (χ0v) is 6.26. The van der Waals surface area contributed by atoms with Gasteiger partial charge in [0.25, 0.3) is 0 Å². The molecule has 1 aromatic rings. The largest absolute Gasteiger partial charge is 0.449 e. The van der Waals surface area contributed by atoms with Gasteiger partial charge < -0.3 is 9.67 Å². The number of hydrogen-bond donors (Lipinski definition) is 1. The molecular weight excluding hydrogens is 173 g/mol. The zero-order valence-electron chi connectivity index (χ0n) is 6.26. The number of nitrogens with zero attached hydrogens (tertiary/aromatic N) is 2. The third-order valence-corrected chi connectivity index (χ3v) is 1.50. The molecular formula is C6H7F3N2O. The Morgan fingerprint density at radius 2 is 2.17 bits per heavy atom. The number of imidazole rings is 1. The molecule has 0 saturated carbocycles. The molecule has 0 aliphatic rings. The van der Waals surface area contributed by atoms with Gasteiger partial charge in [0.05, 0.1) is 18.5 Å². The Morgan fingerprint density at radius 1 is 1.58 bits per heavy atom. The first-order valence-electron chi connectivity index (χ1n) is 3.15. The van der Waals surface area contributed by atoms with Crippen LogP contribution in [0.2, 0.25) is 0 Å². The van der Waals surface area contributed by atoms with Crippen molar-refractivity contribution in [1.82, 2.24) is 9.55 Å². The minimum Gasteiger partial charge on any atom is -0.390 e. The first-order valence-corrected chi connectivity index (χ1v) is 3.15. The second-order valence-electron chi connectivity index (χ2n) is 2.29. The summed E-state index contributed by atoms with van der Waals surface area (Å²) in [5.41, 5.74) is 0.141. The quantitative estimate of drug-likeness (QED) is 0.698. The van der Waals surface area contributed by atoms with Gasteiger partial charge in [-0.25, -0.2) is 4.98 Å². The third kappa shape index (κ3) is 1.42. The summed E-state index contributed by atoms with van der Waals surface area (Å²) in [6.07, 6.45) is -3.45. The number of alkyl halides is 3. The summed E-state index contributed by atoms with van der Waals surface area (Å²) in [4.78, 5) is 3.14. The molecule has 3 nitrogen and oxygen atoms in total. The van der Waals surface area contributed by atoms with Crippen LogP contribution in [0.15, 0.2) is 6.20 Å². The highest BCUT2D eigenvalue weighted by atomic mass is 19.4. The van der Waals surface area contributed by atoms with E-state index in [1.807, 2.05) is 0 Å². The van der Waals surface area contributed by atoms with Gasteiger partial charge in [0.2, 0.25) is 5.82 Å². The van der Waals surface area contributed by atoms with Crippen molar-refractivity contribution in [3.8, 4) is 0 Å². The monoisotopic (exact) mass is 180 g/mol. The van der Waals surface area contributed by atoms with Gasteiger partial charge in [0.1, 0.15) is 0 Å². The summed E-state index contributed by atoms with van der Waals surface area (Å²) in [5.74, 6) is -0.994. The number of aliphatic hydroxyl groups is 1. The van der Waals surface area contributed by atoms with E-state index >= 15 is 0 Å². The van der Waals surface area contributed by atoms with Gasteiger partial charge in [-0.1, -0.05) is 0 Å². The maximum atomic E-state index is 12.0. The standard InChI is InChI=1S/C6H7F3N2O/c1-11-4(3-12)2-10-5(11)6(7,8)9/h2,12H,3H2,1H3. The molecule has 0 spiro atoms. The molecule has 1 N–H and O–H groups in total. The van der Waals surface area contributed by atoms with Crippen molar-refractivity contribution in [3.63, 3.8) is 0 Å². The fourth-order valence-electron chi connectivity index (χ4n) is 0.855. The Hall–Kier alpha value is -1.04. The summed E-state index contributed by atoms with van der Waals surface area (Å²) >= 11 is 0. The molecule has 0 aromatic carbocycles. The van der Waals surface area contributed by atoms with Crippen LogP contribution < -0.4 is 0 Å². The van der Waals surface area contributed by atoms with Crippen LogP contribution in [-0.2, 0) is 19.8 Å². The van der Waals surface area contributed by atoms with Crippen molar-refractivity contribution in [1.29, 1.82) is 0 Å². The number of rotatable bonds is 1. The molecule has 1 rings (SSSR count). The van der Waals surface area contributed by atoms with Crippen molar-refractivity contribution in [2.75, 3.05) is 0 Å². The Bertz CT molecular complexity index is 279. The summed E-state index contributed by atoms with van der Waals surface area (Å²) < 4.78 is 36.9. The Labute approximate surface area is 66.5 Å². The van der Waals surface area contributed by atoms with Gasteiger partial charge in [-0.05, 0) is 0 Å². The van der Waals surface area contributed by atoms with Gasteiger partial charge in [0, 0.05) is 7.05 Å². The fourth-order valence-corrected chi connectivity index (χ4v) is 0.855. The highest BCUT2D eigenvalue weighted by Gasteiger charge is 2.36. The Morgan fingerprint density at radius 3 is 2.42 bits per heavy atom. The molecule has 0 atom stereocenters. The molecule has 0 unspecified atom stereocenters. The number of aliphatic hydroxyl groups excluding tert-OH is 1. The average molecular weight is 180 g/mol. The van der Waals surface area contributed by atoms with E-state index in [4.69, 9.17) is 5.11 Å². The molecule has 0 radical (unpaired) electrons. The van der Waals surface area contributed by atoms with Crippen molar-refractivity contribution in [2.45, 2.75) is 12.8 Å². The lowest BCUT2D eigenvalue weighted by molar-refractivity contribution is -0.146. The van der Waals surface area contributed by atoms with E-state index in [0.717, 1.165) is 10.8 Å². The molecule has 1 aromatic heterocycles. The van der Waals surface area contributed by atoms with Crippen LogP contribution >= 0.6 is 0 Å². The van der Waals surface area contributed by atoms with Gasteiger partial charge in [-0.2, -0.15) is 13.2 Å². The maximum Gasteiger partial charge on any atom is 0.449 e. The lowest BCUT2D eigenvalue weighted by Crippen LogP contribution is -2.13. The molecule has 1 heterocycles. The highest BCUT2D eigenvalue weighted by Crippen LogP contribution is 2.27. The second-order valence-corrected chi connectivity index (χ2v) is 2.29. The van der Waals surface area contributed by atoms with Crippen LogP contribution in [0.3, 0.4) is 0 Å². The number of aromatic nitrogens is 2. The SMILES string of the molecule is Cn1c(CO)cnc1C(F)(F)F. The van der Waals surface area contributed by atoms with E-state index in [9.17, 15) is 13.2 Å². The lowest BCUT2D eigenvalue weighted by Gasteiger charge is -2.06. The lowest BCUT2D eigenvalue weighted by atomic mass is 10.5. The minimum absolute atomic E-state index is 0.141. The number of halogens is 3. The Kier molecular flexibility index (Phi) is 2.10. The third-order valence-electron chi connectivity index (χ3n) is 1.50. The molecule has 68 valence electrons. The molecule has 0 bridgehead atoms. The van der Waals surface area contributed by atoms with Crippen molar-refractivity contribution < 1.29 is 18.3 Å². The van der Waals surface area contributed by atoms with Gasteiger partial charge >= 0.3 is 6.18 Å². The van der Waals surface area contributed by atoms with E-state index in [0.29, 0.717) is 0 Å². The Balaban J connectivity index is 3.11. The first kappa shape index (κ1) is 9.05. The maximum absolute atomic E-state index is 12.0. The van der Waals surface area contributed by atoms with Crippen LogP contribution in [0.5, 0.6) is 0 Å². The van der Waals surface area contributed by atoms with E-state index < -0.39 is 18.6 Å². The zero-order chi connectivity index (χ0) is 9.35. The van der Waals surface area contributed by atoms with Gasteiger partial charge in [0.15, 0.2) is 0 Å². The number of hydrogen-bond acceptors (Lipinski definition) is 2. The summed E-state index contributed by atoms with van der Waals surface area (Å²) in [6.45, 7) is -0.445. The molecule has 6 heteroatoms. The predicted octanol–water partition coefficient (Wildman–Crippen LogP) is 0.931. The predicted molar refractivity (Wildman–Crippen MR) is 34.1 cm³/mol. The minimum atomic E-state index is -4.46. The van der Waals surface area contributed by atoms with Crippen molar-refractivity contribution in [2.24, 2.45) is 7.05 Å². The smallest absolute Gasteiger partial charge is 0.390 e. The molecule has 0 aliphatic heterocycles. The van der Waals surface area contributed by atoms with Crippen LogP contribution in [0.25, 0.3) is 0 Å². The van der Waals surface area contributed by atoms with Gasteiger partial charge in [-0.3, -0.25) is 0 Å². The summed E-state index contributed by atoms with van der Waals surface area (Å²) in [5, 5.41) is 8.57. The van der Waals surface area contributed by atoms with E-state index in [1.54, 1.807) is 0 Å². The normalized spacial score (nSPS) is 12.1. The van der Waals surface area contributed by atoms with Crippen LogP contribution in [0.1, 0.15) is 11.5 Å². The van der Waals surface area contributed by atoms with Gasteiger partial charge in [-0.15, -0.1) is 0 Å². The van der Waals surface area contributed by atoms with E-state index in [-0.39, 0.29) is 5.69 Å². The molecule has 12 heavy (non-hydrogen) atoms. The van der Waals surface area contributed by atoms with Crippen molar-refractivity contribution >= 4 is 0 Å². The highest BCUT2D eigenvalue weighted by molar-refractivity contribution is 5.05. The summed E-state index contributed by atoms with van der Waals surface area (Å²) in [7, 11) is 1.21. The average Bonchev–Trinajstić information content (AvgIpc) is 2.29. The topological polar surface area (TPSA) is 38.0 Å². The van der Waals surface area contributed by atoms with Crippen molar-refractivity contribution in [3.05, 3.63) is 17.7 Å². The molecule has 0 fully saturated rings. The van der Waals surface area contributed by atoms with Crippen LogP contribution in [0, 0.1) is 0 Å². The molecule has 0 amide bonds.